The van der Waals surface area contributed by atoms with Gasteiger partial charge in [-0.05, 0) is 69.5 Å². The number of ketones is 1. The Labute approximate surface area is 182 Å². The molecule has 1 heterocycles. The molecule has 0 amide bonds. The molecule has 0 radical (unpaired) electrons. The summed E-state index contributed by atoms with van der Waals surface area (Å²) in [6.07, 6.45) is -0.762. The molecular weight excluding hydrogens is 394 g/mol. The largest absolute Gasteiger partial charge is 0.489 e. The number of Topliss-reactive ketones (excluding diaryl/α,β-unsaturated/α-hetero) is 1. The average molecular weight is 421 g/mol. The van der Waals surface area contributed by atoms with E-state index in [4.69, 9.17) is 14.0 Å². The summed E-state index contributed by atoms with van der Waals surface area (Å²) in [7, 11) is 0. The summed E-state index contributed by atoms with van der Waals surface area (Å²) in [5.74, 6) is 0.755. The van der Waals surface area contributed by atoms with Crippen LogP contribution in [0.25, 0.3) is 0 Å². The number of hydrogen-bond acceptors (Lipinski definition) is 6. The maximum absolute atomic E-state index is 12.6. The van der Waals surface area contributed by atoms with Gasteiger partial charge >= 0.3 is 5.97 Å². The van der Waals surface area contributed by atoms with E-state index >= 15 is 0 Å². The van der Waals surface area contributed by atoms with Crippen LogP contribution in [0.3, 0.4) is 0 Å². The standard InChI is InChI=1S/C25H27NO5/c1-15-6-9-21(12-16(15)2)25(28)19(5)30-24(27)13-20-7-10-22(11-8-20)29-14-23-17(3)26-31-18(23)4/h6-12,19H,13-14H2,1-5H3/t19-/m0/s1. The summed E-state index contributed by atoms with van der Waals surface area (Å²) in [6, 6.07) is 12.7. The minimum atomic E-state index is -0.840. The van der Waals surface area contributed by atoms with E-state index in [-0.39, 0.29) is 12.2 Å². The summed E-state index contributed by atoms with van der Waals surface area (Å²) in [5.41, 5.74) is 5.20. The van der Waals surface area contributed by atoms with Crippen molar-refractivity contribution < 1.29 is 23.6 Å². The van der Waals surface area contributed by atoms with E-state index < -0.39 is 12.1 Å². The molecule has 3 rings (SSSR count). The number of rotatable bonds is 8. The lowest BCUT2D eigenvalue weighted by molar-refractivity contribution is -0.145. The Balaban J connectivity index is 1.53. The van der Waals surface area contributed by atoms with Crippen LogP contribution in [0.1, 0.15) is 51.0 Å². The molecule has 0 aliphatic rings. The van der Waals surface area contributed by atoms with Crippen LogP contribution in [0.2, 0.25) is 0 Å². The highest BCUT2D eigenvalue weighted by molar-refractivity contribution is 6.00. The molecule has 6 heteroatoms. The Morgan fingerprint density at radius 2 is 1.71 bits per heavy atom. The highest BCUT2D eigenvalue weighted by Gasteiger charge is 2.20. The molecule has 0 saturated heterocycles. The number of nitrogens with zero attached hydrogens (tertiary/aromatic N) is 1. The average Bonchev–Trinajstić information content (AvgIpc) is 3.06. The van der Waals surface area contributed by atoms with Crippen LogP contribution in [-0.4, -0.2) is 23.0 Å². The van der Waals surface area contributed by atoms with Gasteiger partial charge in [-0.25, -0.2) is 0 Å². The Bertz CT molecular complexity index is 1060. The van der Waals surface area contributed by atoms with Crippen molar-refractivity contribution in [1.29, 1.82) is 0 Å². The van der Waals surface area contributed by atoms with Crippen LogP contribution in [0.4, 0.5) is 0 Å². The van der Waals surface area contributed by atoms with E-state index in [9.17, 15) is 9.59 Å². The predicted octanol–water partition coefficient (Wildman–Crippen LogP) is 4.84. The van der Waals surface area contributed by atoms with Gasteiger partial charge in [-0.15, -0.1) is 0 Å². The lowest BCUT2D eigenvalue weighted by atomic mass is 10.0. The minimum absolute atomic E-state index is 0.0781. The lowest BCUT2D eigenvalue weighted by Crippen LogP contribution is -2.25. The van der Waals surface area contributed by atoms with Gasteiger partial charge in [0.15, 0.2) is 6.10 Å². The summed E-state index contributed by atoms with van der Waals surface area (Å²) >= 11 is 0. The molecule has 0 aliphatic heterocycles. The molecular formula is C25H27NO5. The maximum Gasteiger partial charge on any atom is 0.310 e. The van der Waals surface area contributed by atoms with Crippen molar-refractivity contribution in [2.75, 3.05) is 0 Å². The first-order valence-corrected chi connectivity index (χ1v) is 10.2. The zero-order chi connectivity index (χ0) is 22.5. The molecule has 0 spiro atoms. The fraction of sp³-hybridized carbons (Fsp3) is 0.320. The van der Waals surface area contributed by atoms with E-state index in [1.54, 1.807) is 37.3 Å². The number of hydrogen-bond donors (Lipinski definition) is 0. The van der Waals surface area contributed by atoms with Gasteiger partial charge in [0.05, 0.1) is 17.7 Å². The number of aromatic nitrogens is 1. The van der Waals surface area contributed by atoms with Gasteiger partial charge in [0.2, 0.25) is 5.78 Å². The monoisotopic (exact) mass is 421 g/mol. The van der Waals surface area contributed by atoms with Crippen LogP contribution >= 0.6 is 0 Å². The number of aryl methyl sites for hydroxylation is 4. The van der Waals surface area contributed by atoms with Crippen LogP contribution < -0.4 is 4.74 Å². The number of carbonyl (C=O) groups excluding carboxylic acids is 2. The minimum Gasteiger partial charge on any atom is -0.489 e. The normalized spacial score (nSPS) is 11.8. The summed E-state index contributed by atoms with van der Waals surface area (Å²) in [5, 5.41) is 3.91. The van der Waals surface area contributed by atoms with E-state index in [0.717, 1.165) is 33.7 Å². The van der Waals surface area contributed by atoms with Crippen LogP contribution in [0, 0.1) is 27.7 Å². The van der Waals surface area contributed by atoms with Crippen LogP contribution in [0.15, 0.2) is 47.0 Å². The van der Waals surface area contributed by atoms with Crippen LogP contribution in [0.5, 0.6) is 5.75 Å². The van der Waals surface area contributed by atoms with E-state index in [1.165, 1.54) is 0 Å². The molecule has 0 N–H and O–H groups in total. The lowest BCUT2D eigenvalue weighted by Gasteiger charge is -2.13. The first-order valence-electron chi connectivity index (χ1n) is 10.2. The second kappa shape index (κ2) is 9.60. The SMILES string of the molecule is Cc1ccc(C(=O)[C@H](C)OC(=O)Cc2ccc(OCc3c(C)noc3C)cc2)cc1C. The van der Waals surface area contributed by atoms with Crippen molar-refractivity contribution in [2.45, 2.75) is 53.8 Å². The molecule has 0 saturated carbocycles. The molecule has 0 unspecified atom stereocenters. The first-order chi connectivity index (χ1) is 14.7. The Morgan fingerprint density at radius 3 is 2.32 bits per heavy atom. The van der Waals surface area contributed by atoms with E-state index in [2.05, 4.69) is 5.16 Å². The predicted molar refractivity (Wildman–Crippen MR) is 116 cm³/mol. The van der Waals surface area contributed by atoms with Crippen LogP contribution in [-0.2, 0) is 22.6 Å². The van der Waals surface area contributed by atoms with Crippen molar-refractivity contribution in [2.24, 2.45) is 0 Å². The topological polar surface area (TPSA) is 78.6 Å². The zero-order valence-corrected chi connectivity index (χ0v) is 18.5. The van der Waals surface area contributed by atoms with Crippen molar-refractivity contribution in [3.05, 3.63) is 81.7 Å². The number of ether oxygens (including phenoxy) is 2. The smallest absolute Gasteiger partial charge is 0.310 e. The van der Waals surface area contributed by atoms with Crippen molar-refractivity contribution in [3.63, 3.8) is 0 Å². The third-order valence-corrected chi connectivity index (χ3v) is 5.31. The Kier molecular flexibility index (Phi) is 6.90. The summed E-state index contributed by atoms with van der Waals surface area (Å²) in [6.45, 7) is 9.61. The van der Waals surface area contributed by atoms with Crippen molar-refractivity contribution in [3.8, 4) is 5.75 Å². The van der Waals surface area contributed by atoms with Gasteiger partial charge in [0, 0.05) is 5.56 Å². The highest BCUT2D eigenvalue weighted by atomic mass is 16.5. The Morgan fingerprint density at radius 1 is 1.00 bits per heavy atom. The van der Waals surface area contributed by atoms with Crippen molar-refractivity contribution in [1.82, 2.24) is 5.16 Å². The van der Waals surface area contributed by atoms with Gasteiger partial charge < -0.3 is 14.0 Å². The number of benzene rings is 2. The number of carbonyl (C=O) groups is 2. The highest BCUT2D eigenvalue weighted by Crippen LogP contribution is 2.19. The molecule has 2 aromatic carbocycles. The summed E-state index contributed by atoms with van der Waals surface area (Å²) < 4.78 is 16.3. The second-order valence-corrected chi connectivity index (χ2v) is 7.71. The fourth-order valence-corrected chi connectivity index (χ4v) is 3.16. The molecule has 162 valence electrons. The molecule has 1 aromatic heterocycles. The molecule has 0 bridgehead atoms. The Hall–Kier alpha value is -3.41. The third kappa shape index (κ3) is 5.60. The maximum atomic E-state index is 12.6. The quantitative estimate of drug-likeness (QED) is 0.382. The molecule has 0 aliphatic carbocycles. The molecule has 6 nitrogen and oxygen atoms in total. The fourth-order valence-electron chi connectivity index (χ4n) is 3.16. The second-order valence-electron chi connectivity index (χ2n) is 7.71. The number of esters is 1. The summed E-state index contributed by atoms with van der Waals surface area (Å²) in [4.78, 5) is 24.9. The van der Waals surface area contributed by atoms with Gasteiger partial charge in [0.25, 0.3) is 0 Å². The van der Waals surface area contributed by atoms with Crippen molar-refractivity contribution >= 4 is 11.8 Å². The zero-order valence-electron chi connectivity index (χ0n) is 18.5. The molecule has 0 fully saturated rings. The first kappa shape index (κ1) is 22.3. The van der Waals surface area contributed by atoms with Gasteiger partial charge in [-0.2, -0.15) is 0 Å². The molecule has 1 atom stereocenters. The van der Waals surface area contributed by atoms with Gasteiger partial charge in [-0.1, -0.05) is 29.4 Å². The van der Waals surface area contributed by atoms with Gasteiger partial charge in [-0.3, -0.25) is 9.59 Å². The van der Waals surface area contributed by atoms with E-state index in [1.807, 2.05) is 39.8 Å². The molecule has 31 heavy (non-hydrogen) atoms. The third-order valence-electron chi connectivity index (χ3n) is 5.31. The molecule has 3 aromatic rings. The van der Waals surface area contributed by atoms with E-state index in [0.29, 0.717) is 17.9 Å². The van der Waals surface area contributed by atoms with Gasteiger partial charge in [0.1, 0.15) is 18.1 Å².